The molecule has 0 amide bonds. The van der Waals surface area contributed by atoms with Gasteiger partial charge in [0.1, 0.15) is 11.6 Å². The Hall–Kier alpha value is -2.76. The van der Waals surface area contributed by atoms with Gasteiger partial charge in [-0.05, 0) is 48.9 Å². The molecule has 1 heterocycles. The van der Waals surface area contributed by atoms with Gasteiger partial charge in [-0.15, -0.1) is 0 Å². The molecular formula is C24H31FN4O. The second kappa shape index (κ2) is 8.94. The Labute approximate surface area is 178 Å². The molecule has 1 atom stereocenters. The summed E-state index contributed by atoms with van der Waals surface area (Å²) in [5, 5.41) is 6.89. The number of halogens is 1. The van der Waals surface area contributed by atoms with Crippen molar-refractivity contribution in [3.63, 3.8) is 0 Å². The van der Waals surface area contributed by atoms with Crippen LogP contribution in [0.5, 0.6) is 5.75 Å². The number of aliphatic imine (C=N–C) groups is 1. The summed E-state index contributed by atoms with van der Waals surface area (Å²) >= 11 is 0. The van der Waals surface area contributed by atoms with Crippen molar-refractivity contribution in [3.05, 3.63) is 59.9 Å². The first kappa shape index (κ1) is 20.5. The van der Waals surface area contributed by atoms with Gasteiger partial charge in [-0.1, -0.05) is 24.3 Å². The number of benzene rings is 2. The van der Waals surface area contributed by atoms with Crippen LogP contribution in [0, 0.1) is 11.7 Å². The number of ether oxygens (including phenoxy) is 1. The fourth-order valence-electron chi connectivity index (χ4n) is 4.34. The lowest BCUT2D eigenvalue weighted by molar-refractivity contribution is 0.415. The topological polar surface area (TPSA) is 48.9 Å². The zero-order valence-corrected chi connectivity index (χ0v) is 17.8. The van der Waals surface area contributed by atoms with Gasteiger partial charge >= 0.3 is 0 Å². The lowest BCUT2D eigenvalue weighted by atomic mass is 9.95. The second-order valence-electron chi connectivity index (χ2n) is 8.37. The van der Waals surface area contributed by atoms with Gasteiger partial charge < -0.3 is 20.3 Å². The van der Waals surface area contributed by atoms with E-state index in [1.807, 2.05) is 24.3 Å². The van der Waals surface area contributed by atoms with Gasteiger partial charge in [-0.2, -0.15) is 0 Å². The van der Waals surface area contributed by atoms with Crippen molar-refractivity contribution in [3.8, 4) is 5.75 Å². The van der Waals surface area contributed by atoms with E-state index >= 15 is 0 Å². The predicted molar refractivity (Wildman–Crippen MR) is 120 cm³/mol. The van der Waals surface area contributed by atoms with Crippen molar-refractivity contribution < 1.29 is 9.13 Å². The first-order valence-corrected chi connectivity index (χ1v) is 10.7. The molecule has 0 radical (unpaired) electrons. The number of methoxy groups -OCH3 is 1. The maximum Gasteiger partial charge on any atom is 0.191 e. The summed E-state index contributed by atoms with van der Waals surface area (Å²) in [5.74, 6) is 2.12. The average Bonchev–Trinajstić information content (AvgIpc) is 3.42. The van der Waals surface area contributed by atoms with E-state index < -0.39 is 0 Å². The van der Waals surface area contributed by atoms with E-state index in [2.05, 4.69) is 32.7 Å². The fourth-order valence-corrected chi connectivity index (χ4v) is 4.34. The summed E-state index contributed by atoms with van der Waals surface area (Å²) in [5.41, 5.74) is 1.93. The average molecular weight is 411 g/mol. The Balaban J connectivity index is 1.27. The number of rotatable bonds is 7. The van der Waals surface area contributed by atoms with Crippen LogP contribution in [0.15, 0.2) is 53.5 Å². The van der Waals surface area contributed by atoms with Crippen LogP contribution in [-0.2, 0) is 5.41 Å². The molecule has 0 bridgehead atoms. The molecule has 1 aliphatic heterocycles. The van der Waals surface area contributed by atoms with E-state index in [9.17, 15) is 4.39 Å². The smallest absolute Gasteiger partial charge is 0.191 e. The molecule has 160 valence electrons. The van der Waals surface area contributed by atoms with Crippen LogP contribution < -0.4 is 20.3 Å². The second-order valence-corrected chi connectivity index (χ2v) is 8.37. The molecule has 1 saturated heterocycles. The van der Waals surface area contributed by atoms with Crippen LogP contribution in [0.25, 0.3) is 0 Å². The molecular weight excluding hydrogens is 379 g/mol. The van der Waals surface area contributed by atoms with Gasteiger partial charge in [0.05, 0.1) is 7.11 Å². The van der Waals surface area contributed by atoms with Crippen LogP contribution in [0.1, 0.15) is 24.8 Å². The van der Waals surface area contributed by atoms with E-state index in [1.165, 1.54) is 5.69 Å². The Morgan fingerprint density at radius 1 is 1.20 bits per heavy atom. The molecule has 0 aromatic heterocycles. The first-order chi connectivity index (χ1) is 14.6. The predicted octanol–water partition coefficient (Wildman–Crippen LogP) is 3.56. The summed E-state index contributed by atoms with van der Waals surface area (Å²) in [4.78, 5) is 6.77. The van der Waals surface area contributed by atoms with E-state index in [1.54, 1.807) is 26.3 Å². The normalized spacial score (nSPS) is 20.2. The van der Waals surface area contributed by atoms with Crippen LogP contribution in [0.4, 0.5) is 10.1 Å². The molecule has 1 unspecified atom stereocenters. The van der Waals surface area contributed by atoms with E-state index in [4.69, 9.17) is 4.74 Å². The van der Waals surface area contributed by atoms with Gasteiger partial charge in [0.2, 0.25) is 0 Å². The quantitative estimate of drug-likeness (QED) is 0.541. The summed E-state index contributed by atoms with van der Waals surface area (Å²) in [6.45, 7) is 3.62. The van der Waals surface area contributed by atoms with Crippen molar-refractivity contribution in [1.82, 2.24) is 10.6 Å². The number of hydrogen-bond acceptors (Lipinski definition) is 3. The Kier molecular flexibility index (Phi) is 6.11. The van der Waals surface area contributed by atoms with Gasteiger partial charge in [-0.25, -0.2) is 4.39 Å². The van der Waals surface area contributed by atoms with Gasteiger partial charge in [0.25, 0.3) is 0 Å². The molecule has 2 aromatic rings. The largest absolute Gasteiger partial charge is 0.497 e. The maximum atomic E-state index is 14.2. The Morgan fingerprint density at radius 2 is 2.03 bits per heavy atom. The minimum Gasteiger partial charge on any atom is -0.497 e. The standard InChI is InChI=1S/C24H31FN4O/c1-26-23(28-17-24(11-12-24)21-8-3-4-9-22(21)25)27-15-18-10-13-29(16-18)19-6-5-7-20(14-19)30-2/h3-9,14,18H,10-13,15-17H2,1-2H3,(H2,26,27,28). The van der Waals surface area contributed by atoms with Crippen molar-refractivity contribution >= 4 is 11.6 Å². The van der Waals surface area contributed by atoms with Crippen LogP contribution in [0.2, 0.25) is 0 Å². The lowest BCUT2D eigenvalue weighted by Gasteiger charge is -2.21. The lowest BCUT2D eigenvalue weighted by Crippen LogP contribution is -2.43. The zero-order valence-electron chi connectivity index (χ0n) is 17.8. The Bertz CT molecular complexity index is 896. The highest BCUT2D eigenvalue weighted by molar-refractivity contribution is 5.79. The Morgan fingerprint density at radius 3 is 2.77 bits per heavy atom. The van der Waals surface area contributed by atoms with E-state index in [0.717, 1.165) is 56.2 Å². The molecule has 30 heavy (non-hydrogen) atoms. The molecule has 2 aromatic carbocycles. The monoisotopic (exact) mass is 410 g/mol. The van der Waals surface area contributed by atoms with Crippen LogP contribution >= 0.6 is 0 Å². The number of anilines is 1. The van der Waals surface area contributed by atoms with E-state index in [-0.39, 0.29) is 11.2 Å². The van der Waals surface area contributed by atoms with Crippen molar-refractivity contribution in [2.75, 3.05) is 45.2 Å². The highest BCUT2D eigenvalue weighted by Crippen LogP contribution is 2.48. The highest BCUT2D eigenvalue weighted by Gasteiger charge is 2.45. The van der Waals surface area contributed by atoms with Crippen molar-refractivity contribution in [2.24, 2.45) is 10.9 Å². The fraction of sp³-hybridized carbons (Fsp3) is 0.458. The van der Waals surface area contributed by atoms with Gasteiger partial charge in [0, 0.05) is 50.4 Å². The third kappa shape index (κ3) is 4.53. The van der Waals surface area contributed by atoms with Gasteiger partial charge in [-0.3, -0.25) is 4.99 Å². The molecule has 0 spiro atoms. The number of nitrogens with one attached hydrogen (secondary N) is 2. The highest BCUT2D eigenvalue weighted by atomic mass is 19.1. The van der Waals surface area contributed by atoms with Crippen molar-refractivity contribution in [2.45, 2.75) is 24.7 Å². The third-order valence-electron chi connectivity index (χ3n) is 6.38. The van der Waals surface area contributed by atoms with Crippen molar-refractivity contribution in [1.29, 1.82) is 0 Å². The molecule has 4 rings (SSSR count). The molecule has 5 nitrogen and oxygen atoms in total. The van der Waals surface area contributed by atoms with Crippen LogP contribution in [0.3, 0.4) is 0 Å². The minimum atomic E-state index is -0.108. The van der Waals surface area contributed by atoms with Gasteiger partial charge in [0.15, 0.2) is 5.96 Å². The summed E-state index contributed by atoms with van der Waals surface area (Å²) in [6.07, 6.45) is 3.16. The molecule has 2 N–H and O–H groups in total. The SMILES string of the molecule is CN=C(NCC1CCN(c2cccc(OC)c2)C1)NCC1(c2ccccc2F)CC1. The summed E-state index contributed by atoms with van der Waals surface area (Å²) in [7, 11) is 3.49. The maximum absolute atomic E-state index is 14.2. The minimum absolute atomic E-state index is 0.0977. The molecule has 1 saturated carbocycles. The third-order valence-corrected chi connectivity index (χ3v) is 6.38. The zero-order chi connectivity index (χ0) is 21.0. The molecule has 6 heteroatoms. The number of nitrogens with zero attached hydrogens (tertiary/aromatic N) is 2. The molecule has 2 fully saturated rings. The molecule has 2 aliphatic rings. The first-order valence-electron chi connectivity index (χ1n) is 10.7. The number of hydrogen-bond donors (Lipinski definition) is 2. The van der Waals surface area contributed by atoms with E-state index in [0.29, 0.717) is 12.5 Å². The van der Waals surface area contributed by atoms with Crippen LogP contribution in [-0.4, -0.2) is 46.3 Å². The number of guanidine groups is 1. The summed E-state index contributed by atoms with van der Waals surface area (Å²) < 4.78 is 19.6. The molecule has 1 aliphatic carbocycles. The summed E-state index contributed by atoms with van der Waals surface area (Å²) in [6, 6.07) is 15.4.